The summed E-state index contributed by atoms with van der Waals surface area (Å²) < 4.78 is 29.7. The lowest BCUT2D eigenvalue weighted by molar-refractivity contribution is -0.129. The highest BCUT2D eigenvalue weighted by atomic mass is 32.2. The molecule has 1 aromatic carbocycles. The van der Waals surface area contributed by atoms with Gasteiger partial charge in [0.05, 0.1) is 10.6 Å². The van der Waals surface area contributed by atoms with E-state index >= 15 is 0 Å². The van der Waals surface area contributed by atoms with Gasteiger partial charge in [0.15, 0.2) is 5.16 Å². The van der Waals surface area contributed by atoms with E-state index in [1.165, 1.54) is 28.1 Å². The van der Waals surface area contributed by atoms with Crippen molar-refractivity contribution in [2.75, 3.05) is 31.9 Å². The minimum Gasteiger partial charge on any atom is -0.339 e. The van der Waals surface area contributed by atoms with E-state index in [1.54, 1.807) is 17.3 Å². The molecule has 0 bridgehead atoms. The van der Waals surface area contributed by atoms with Crippen LogP contribution < -0.4 is 0 Å². The third-order valence-electron chi connectivity index (χ3n) is 5.97. The smallest absolute Gasteiger partial charge is 0.243 e. The first-order chi connectivity index (χ1) is 14.9. The van der Waals surface area contributed by atoms with Gasteiger partial charge in [0, 0.05) is 32.2 Å². The van der Waals surface area contributed by atoms with Crippen molar-refractivity contribution >= 4 is 27.7 Å². The van der Waals surface area contributed by atoms with E-state index in [9.17, 15) is 13.2 Å². The van der Waals surface area contributed by atoms with Crippen LogP contribution in [0.1, 0.15) is 43.9 Å². The molecule has 0 saturated carbocycles. The van der Waals surface area contributed by atoms with Gasteiger partial charge in [0.25, 0.3) is 0 Å². The number of aromatic nitrogens is 3. The number of nitrogens with zero attached hydrogens (tertiary/aromatic N) is 5. The Kier molecular flexibility index (Phi) is 6.68. The van der Waals surface area contributed by atoms with Crippen molar-refractivity contribution in [1.82, 2.24) is 24.0 Å². The Balaban J connectivity index is 1.34. The molecule has 31 heavy (non-hydrogen) atoms. The summed E-state index contributed by atoms with van der Waals surface area (Å²) in [6, 6.07) is 5.78. The van der Waals surface area contributed by atoms with E-state index in [-0.39, 0.29) is 17.7 Å². The Morgan fingerprint density at radius 1 is 1.10 bits per heavy atom. The molecule has 2 aromatic rings. The third kappa shape index (κ3) is 4.80. The number of carbonyl (C=O) groups excluding carboxylic acids is 1. The number of hydrogen-bond donors (Lipinski definition) is 0. The summed E-state index contributed by atoms with van der Waals surface area (Å²) in [5.74, 6) is 0.261. The zero-order valence-electron chi connectivity index (χ0n) is 18.0. The number of aryl methyl sites for hydroxylation is 2. The first-order valence-corrected chi connectivity index (χ1v) is 13.2. The van der Waals surface area contributed by atoms with Crippen LogP contribution in [0.25, 0.3) is 0 Å². The Bertz CT molecular complexity index is 1040. The lowest BCUT2D eigenvalue weighted by Crippen LogP contribution is -2.51. The summed E-state index contributed by atoms with van der Waals surface area (Å²) >= 11 is 1.37. The Hall–Kier alpha value is -1.91. The number of rotatable bonds is 6. The standard InChI is InChI=1S/C21H29N5O3S2/c1-16(2)26-15-22-23-21(26)30-14-20(27)24-9-11-25(12-10-24)31(28,29)19-8-7-17-5-3-4-6-18(17)13-19/h7-8,13,15-16H,3-6,9-12,14H2,1-2H3. The van der Waals surface area contributed by atoms with Gasteiger partial charge in [-0.2, -0.15) is 4.31 Å². The Labute approximate surface area is 188 Å². The summed E-state index contributed by atoms with van der Waals surface area (Å²) in [5, 5.41) is 8.72. The molecule has 0 spiro atoms. The van der Waals surface area contributed by atoms with Gasteiger partial charge in [-0.25, -0.2) is 8.42 Å². The van der Waals surface area contributed by atoms with Crippen LogP contribution in [0.5, 0.6) is 0 Å². The number of amides is 1. The van der Waals surface area contributed by atoms with Crippen molar-refractivity contribution in [2.45, 2.75) is 55.6 Å². The fourth-order valence-electron chi connectivity index (χ4n) is 4.10. The Morgan fingerprint density at radius 3 is 2.52 bits per heavy atom. The summed E-state index contributed by atoms with van der Waals surface area (Å²) in [4.78, 5) is 14.8. The van der Waals surface area contributed by atoms with Crippen LogP contribution in [-0.2, 0) is 27.7 Å². The van der Waals surface area contributed by atoms with Gasteiger partial charge in [-0.1, -0.05) is 17.8 Å². The van der Waals surface area contributed by atoms with Crippen molar-refractivity contribution in [3.05, 3.63) is 35.7 Å². The Morgan fingerprint density at radius 2 is 1.81 bits per heavy atom. The zero-order valence-corrected chi connectivity index (χ0v) is 19.7. The van der Waals surface area contributed by atoms with Crippen LogP contribution in [0.15, 0.2) is 34.6 Å². The predicted molar refractivity (Wildman–Crippen MR) is 120 cm³/mol. The molecular weight excluding hydrogens is 434 g/mol. The van der Waals surface area contributed by atoms with Crippen LogP contribution in [0.3, 0.4) is 0 Å². The molecule has 4 rings (SSSR count). The molecule has 1 aromatic heterocycles. The number of thioether (sulfide) groups is 1. The number of benzene rings is 1. The van der Waals surface area contributed by atoms with Crippen LogP contribution >= 0.6 is 11.8 Å². The normalized spacial score (nSPS) is 17.7. The van der Waals surface area contributed by atoms with Crippen LogP contribution in [0, 0.1) is 0 Å². The summed E-state index contributed by atoms with van der Waals surface area (Å²) in [5.41, 5.74) is 2.43. The van der Waals surface area contributed by atoms with E-state index in [0.717, 1.165) is 30.0 Å². The molecule has 1 fully saturated rings. The fourth-order valence-corrected chi connectivity index (χ4v) is 6.52. The molecular formula is C21H29N5O3S2. The van der Waals surface area contributed by atoms with Gasteiger partial charge in [0.1, 0.15) is 6.33 Å². The van der Waals surface area contributed by atoms with Gasteiger partial charge in [-0.05, 0) is 62.8 Å². The maximum atomic E-state index is 13.1. The number of carbonyl (C=O) groups is 1. The molecule has 1 amide bonds. The van der Waals surface area contributed by atoms with Crippen LogP contribution in [0.4, 0.5) is 0 Å². The van der Waals surface area contributed by atoms with Crippen molar-refractivity contribution in [3.8, 4) is 0 Å². The van der Waals surface area contributed by atoms with Crippen molar-refractivity contribution in [2.24, 2.45) is 0 Å². The summed E-state index contributed by atoms with van der Waals surface area (Å²) in [6.07, 6.45) is 5.93. The maximum absolute atomic E-state index is 13.1. The van der Waals surface area contributed by atoms with E-state index in [4.69, 9.17) is 0 Å². The number of fused-ring (bicyclic) bond motifs is 1. The molecule has 1 aliphatic heterocycles. The molecule has 10 heteroatoms. The molecule has 0 unspecified atom stereocenters. The van der Waals surface area contributed by atoms with Crippen molar-refractivity contribution in [1.29, 1.82) is 0 Å². The van der Waals surface area contributed by atoms with E-state index < -0.39 is 10.0 Å². The van der Waals surface area contributed by atoms with Crippen molar-refractivity contribution in [3.63, 3.8) is 0 Å². The molecule has 1 aliphatic carbocycles. The topological polar surface area (TPSA) is 88.4 Å². The van der Waals surface area contributed by atoms with Gasteiger partial charge in [-0.15, -0.1) is 10.2 Å². The molecule has 0 atom stereocenters. The third-order valence-corrected chi connectivity index (χ3v) is 8.81. The quantitative estimate of drug-likeness (QED) is 0.611. The van der Waals surface area contributed by atoms with E-state index in [1.807, 2.05) is 30.5 Å². The first-order valence-electron chi connectivity index (χ1n) is 10.8. The minimum atomic E-state index is -3.54. The first kappa shape index (κ1) is 22.3. The number of piperazine rings is 1. The van der Waals surface area contributed by atoms with Gasteiger partial charge < -0.3 is 9.47 Å². The maximum Gasteiger partial charge on any atom is 0.243 e. The molecule has 168 valence electrons. The summed E-state index contributed by atoms with van der Waals surface area (Å²) in [6.45, 7) is 5.52. The second kappa shape index (κ2) is 9.30. The monoisotopic (exact) mass is 463 g/mol. The highest BCUT2D eigenvalue weighted by Gasteiger charge is 2.30. The SMILES string of the molecule is CC(C)n1cnnc1SCC(=O)N1CCN(S(=O)(=O)c2ccc3c(c2)CCCC3)CC1. The van der Waals surface area contributed by atoms with Gasteiger partial charge in [-0.3, -0.25) is 4.79 Å². The lowest BCUT2D eigenvalue weighted by Gasteiger charge is -2.34. The molecule has 0 radical (unpaired) electrons. The lowest BCUT2D eigenvalue weighted by atomic mass is 9.92. The fraction of sp³-hybridized carbons (Fsp3) is 0.571. The molecule has 1 saturated heterocycles. The van der Waals surface area contributed by atoms with Crippen molar-refractivity contribution < 1.29 is 13.2 Å². The number of hydrogen-bond acceptors (Lipinski definition) is 6. The average Bonchev–Trinajstić information content (AvgIpc) is 3.26. The van der Waals surface area contributed by atoms with E-state index in [0.29, 0.717) is 31.1 Å². The minimum absolute atomic E-state index is 0.00543. The number of sulfonamides is 1. The largest absolute Gasteiger partial charge is 0.339 e. The highest BCUT2D eigenvalue weighted by Crippen LogP contribution is 2.26. The molecule has 2 heterocycles. The summed E-state index contributed by atoms with van der Waals surface area (Å²) in [7, 11) is -3.54. The molecule has 2 aliphatic rings. The van der Waals surface area contributed by atoms with Crippen LogP contribution in [0.2, 0.25) is 0 Å². The molecule has 8 nitrogen and oxygen atoms in total. The second-order valence-corrected chi connectivity index (χ2v) is 11.2. The van der Waals surface area contributed by atoms with E-state index in [2.05, 4.69) is 10.2 Å². The van der Waals surface area contributed by atoms with Crippen LogP contribution in [-0.4, -0.2) is 70.2 Å². The molecule has 0 N–H and O–H groups in total. The zero-order chi connectivity index (χ0) is 22.0. The van der Waals surface area contributed by atoms with Gasteiger partial charge in [0.2, 0.25) is 15.9 Å². The van der Waals surface area contributed by atoms with Gasteiger partial charge >= 0.3 is 0 Å². The average molecular weight is 464 g/mol. The highest BCUT2D eigenvalue weighted by molar-refractivity contribution is 7.99. The second-order valence-electron chi connectivity index (χ2n) is 8.33. The predicted octanol–water partition coefficient (Wildman–Crippen LogP) is 2.36.